The molecular weight excluding hydrogens is 244 g/mol. The van der Waals surface area contributed by atoms with E-state index in [1.807, 2.05) is 32.9 Å². The van der Waals surface area contributed by atoms with E-state index in [1.54, 1.807) is 14.2 Å². The van der Waals surface area contributed by atoms with Gasteiger partial charge in [-0.1, -0.05) is 26.8 Å². The van der Waals surface area contributed by atoms with E-state index in [4.69, 9.17) is 14.6 Å². The average Bonchev–Trinajstić information content (AvgIpc) is 2.34. The Morgan fingerprint density at radius 1 is 1.26 bits per heavy atom. The minimum atomic E-state index is -0.819. The van der Waals surface area contributed by atoms with Gasteiger partial charge >= 0.3 is 5.97 Å². The Bertz CT molecular complexity index is 463. The molecule has 0 bridgehead atoms. The van der Waals surface area contributed by atoms with Crippen LogP contribution in [0.1, 0.15) is 38.3 Å². The molecule has 0 saturated heterocycles. The lowest BCUT2D eigenvalue weighted by molar-refractivity contribution is -0.138. The number of methoxy groups -OCH3 is 2. The number of hydrogen-bond donors (Lipinski definition) is 1. The zero-order valence-corrected chi connectivity index (χ0v) is 12.2. The van der Waals surface area contributed by atoms with Gasteiger partial charge in [0, 0.05) is 16.5 Å². The summed E-state index contributed by atoms with van der Waals surface area (Å²) in [5.74, 6) is 0.684. The van der Waals surface area contributed by atoms with Crippen molar-refractivity contribution in [1.82, 2.24) is 0 Å². The van der Waals surface area contributed by atoms with Gasteiger partial charge in [0.15, 0.2) is 0 Å². The van der Waals surface area contributed by atoms with E-state index in [-0.39, 0.29) is 6.42 Å². The Morgan fingerprint density at radius 3 is 2.32 bits per heavy atom. The summed E-state index contributed by atoms with van der Waals surface area (Å²) in [7, 11) is 3.23. The Labute approximate surface area is 114 Å². The van der Waals surface area contributed by atoms with Gasteiger partial charge in [0.2, 0.25) is 0 Å². The Morgan fingerprint density at radius 2 is 1.89 bits per heavy atom. The molecule has 19 heavy (non-hydrogen) atoms. The molecule has 1 N–H and O–H groups in total. The van der Waals surface area contributed by atoms with E-state index in [0.29, 0.717) is 0 Å². The lowest BCUT2D eigenvalue weighted by Crippen LogP contribution is -2.23. The summed E-state index contributed by atoms with van der Waals surface area (Å²) in [5.41, 5.74) is 1.38. The highest BCUT2D eigenvalue weighted by Crippen LogP contribution is 2.40. The topological polar surface area (TPSA) is 55.8 Å². The zero-order valence-electron chi connectivity index (χ0n) is 12.2. The molecule has 0 aliphatic rings. The van der Waals surface area contributed by atoms with Crippen LogP contribution in [0.2, 0.25) is 0 Å². The van der Waals surface area contributed by atoms with E-state index < -0.39 is 11.4 Å². The van der Waals surface area contributed by atoms with Crippen molar-refractivity contribution in [3.63, 3.8) is 0 Å². The Hall–Kier alpha value is -1.71. The molecule has 106 valence electrons. The first kappa shape index (κ1) is 15.3. The molecular formula is C15H22O4. The lowest BCUT2D eigenvalue weighted by Gasteiger charge is -2.27. The van der Waals surface area contributed by atoms with E-state index in [9.17, 15) is 4.79 Å². The Balaban J connectivity index is 3.39. The first-order chi connectivity index (χ1) is 8.87. The maximum Gasteiger partial charge on any atom is 0.304 e. The van der Waals surface area contributed by atoms with Crippen molar-refractivity contribution in [1.29, 1.82) is 0 Å². The van der Waals surface area contributed by atoms with Crippen LogP contribution >= 0.6 is 0 Å². The van der Waals surface area contributed by atoms with Gasteiger partial charge in [0.1, 0.15) is 11.5 Å². The molecule has 0 radical (unpaired) electrons. The number of ether oxygens (including phenoxy) is 2. The van der Waals surface area contributed by atoms with Gasteiger partial charge in [-0.3, -0.25) is 4.79 Å². The van der Waals surface area contributed by atoms with Crippen molar-refractivity contribution in [2.45, 2.75) is 39.0 Å². The molecule has 1 aromatic carbocycles. The number of rotatable bonds is 6. The number of carboxylic acids is 1. The number of carbonyl (C=O) groups is 1. The van der Waals surface area contributed by atoms with E-state index >= 15 is 0 Å². The SMILES string of the molecule is CCc1c(OC)ccc(C(C)(C)CC(=O)O)c1OC. The van der Waals surface area contributed by atoms with Gasteiger partial charge in [-0.25, -0.2) is 0 Å². The molecule has 0 fully saturated rings. The highest BCUT2D eigenvalue weighted by atomic mass is 16.5. The van der Waals surface area contributed by atoms with Gasteiger partial charge in [0.25, 0.3) is 0 Å². The molecule has 0 heterocycles. The molecule has 0 atom stereocenters. The number of hydrogen-bond acceptors (Lipinski definition) is 3. The zero-order chi connectivity index (χ0) is 14.6. The second-order valence-corrected chi connectivity index (χ2v) is 5.14. The standard InChI is InChI=1S/C15H22O4/c1-6-10-12(18-4)8-7-11(14(10)19-5)15(2,3)9-13(16)17/h7-8H,6,9H2,1-5H3,(H,16,17). The minimum absolute atomic E-state index is 0.0544. The molecule has 4 nitrogen and oxygen atoms in total. The van der Waals surface area contributed by atoms with E-state index in [2.05, 4.69) is 0 Å². The molecule has 4 heteroatoms. The van der Waals surface area contributed by atoms with E-state index in [1.165, 1.54) is 0 Å². The predicted molar refractivity (Wildman–Crippen MR) is 74.2 cm³/mol. The maximum atomic E-state index is 11.0. The van der Waals surface area contributed by atoms with E-state index in [0.717, 1.165) is 29.0 Å². The third kappa shape index (κ3) is 3.19. The van der Waals surface area contributed by atoms with Crippen LogP contribution in [0.4, 0.5) is 0 Å². The van der Waals surface area contributed by atoms with Crippen molar-refractivity contribution in [2.75, 3.05) is 14.2 Å². The first-order valence-electron chi connectivity index (χ1n) is 6.33. The molecule has 0 unspecified atom stereocenters. The summed E-state index contributed by atoms with van der Waals surface area (Å²) in [5, 5.41) is 9.04. The van der Waals surface area contributed by atoms with Crippen LogP contribution in [0.15, 0.2) is 12.1 Å². The fourth-order valence-corrected chi connectivity index (χ4v) is 2.38. The van der Waals surface area contributed by atoms with Crippen LogP contribution < -0.4 is 9.47 Å². The van der Waals surface area contributed by atoms with Crippen molar-refractivity contribution in [2.24, 2.45) is 0 Å². The van der Waals surface area contributed by atoms with Crippen molar-refractivity contribution >= 4 is 5.97 Å². The molecule has 1 aromatic rings. The molecule has 0 aliphatic heterocycles. The van der Waals surface area contributed by atoms with Crippen molar-refractivity contribution in [3.05, 3.63) is 23.3 Å². The lowest BCUT2D eigenvalue weighted by atomic mass is 9.80. The molecule has 0 aliphatic carbocycles. The highest BCUT2D eigenvalue weighted by Gasteiger charge is 2.29. The second-order valence-electron chi connectivity index (χ2n) is 5.14. The first-order valence-corrected chi connectivity index (χ1v) is 6.33. The van der Waals surface area contributed by atoms with Gasteiger partial charge in [-0.15, -0.1) is 0 Å². The summed E-state index contributed by atoms with van der Waals surface area (Å²) >= 11 is 0. The quantitative estimate of drug-likeness (QED) is 0.860. The highest BCUT2D eigenvalue weighted by molar-refractivity contribution is 5.69. The van der Waals surface area contributed by atoms with Crippen LogP contribution in [0.25, 0.3) is 0 Å². The molecule has 0 amide bonds. The van der Waals surface area contributed by atoms with Gasteiger partial charge in [-0.2, -0.15) is 0 Å². The maximum absolute atomic E-state index is 11.0. The number of aliphatic carboxylic acids is 1. The summed E-state index contributed by atoms with van der Waals surface area (Å²) in [6.07, 6.45) is 0.822. The average molecular weight is 266 g/mol. The van der Waals surface area contributed by atoms with Crippen LogP contribution in [0.3, 0.4) is 0 Å². The van der Waals surface area contributed by atoms with Crippen molar-refractivity contribution in [3.8, 4) is 11.5 Å². The van der Waals surface area contributed by atoms with Crippen molar-refractivity contribution < 1.29 is 19.4 Å². The molecule has 1 rings (SSSR count). The van der Waals surface area contributed by atoms with Crippen LogP contribution in [0, 0.1) is 0 Å². The fraction of sp³-hybridized carbons (Fsp3) is 0.533. The monoisotopic (exact) mass is 266 g/mol. The second kappa shape index (κ2) is 5.95. The normalized spacial score (nSPS) is 11.2. The third-order valence-corrected chi connectivity index (χ3v) is 3.32. The van der Waals surface area contributed by atoms with Gasteiger partial charge in [-0.05, 0) is 12.5 Å². The van der Waals surface area contributed by atoms with Crippen LogP contribution in [-0.2, 0) is 16.6 Å². The summed E-state index contributed by atoms with van der Waals surface area (Å²) in [6, 6.07) is 3.76. The van der Waals surface area contributed by atoms with Gasteiger partial charge in [0.05, 0.1) is 20.6 Å². The van der Waals surface area contributed by atoms with Gasteiger partial charge < -0.3 is 14.6 Å². The van der Waals surface area contributed by atoms with Crippen LogP contribution in [0.5, 0.6) is 11.5 Å². The predicted octanol–water partition coefficient (Wildman–Crippen LogP) is 3.02. The summed E-state index contributed by atoms with van der Waals surface area (Å²) in [6.45, 7) is 5.84. The number of carboxylic acid groups (broad SMARTS) is 1. The molecule has 0 aromatic heterocycles. The summed E-state index contributed by atoms with van der Waals surface area (Å²) in [4.78, 5) is 11.0. The fourth-order valence-electron chi connectivity index (χ4n) is 2.38. The number of benzene rings is 1. The molecule has 0 saturated carbocycles. The third-order valence-electron chi connectivity index (χ3n) is 3.32. The minimum Gasteiger partial charge on any atom is -0.496 e. The largest absolute Gasteiger partial charge is 0.496 e. The van der Waals surface area contributed by atoms with Crippen LogP contribution in [-0.4, -0.2) is 25.3 Å². The Kier molecular flexibility index (Phi) is 4.81. The molecule has 0 spiro atoms. The smallest absolute Gasteiger partial charge is 0.304 e. The summed E-state index contributed by atoms with van der Waals surface area (Å²) < 4.78 is 10.8.